The van der Waals surface area contributed by atoms with Crippen molar-refractivity contribution in [2.75, 3.05) is 12.4 Å². The maximum Gasteiger partial charge on any atom is 0.208 e. The Kier molecular flexibility index (Phi) is 4.20. The van der Waals surface area contributed by atoms with Crippen molar-refractivity contribution < 1.29 is 4.74 Å². The molecule has 0 saturated heterocycles. The van der Waals surface area contributed by atoms with Gasteiger partial charge in [-0.2, -0.15) is 5.26 Å². The van der Waals surface area contributed by atoms with Gasteiger partial charge < -0.3 is 4.74 Å². The standard InChI is InChI=1S/C12H12N4OS/c1-9-14-12(16-15-9)18-6-5-17-11-4-2-3-10(7-11)8-13/h2-4,7H,5-6H2,1H3,(H,14,15,16). The zero-order valence-corrected chi connectivity index (χ0v) is 10.7. The van der Waals surface area contributed by atoms with E-state index >= 15 is 0 Å². The summed E-state index contributed by atoms with van der Waals surface area (Å²) in [5.41, 5.74) is 0.602. The second-order valence-electron chi connectivity index (χ2n) is 3.54. The fourth-order valence-electron chi connectivity index (χ4n) is 1.33. The van der Waals surface area contributed by atoms with Crippen molar-refractivity contribution in [2.24, 2.45) is 0 Å². The summed E-state index contributed by atoms with van der Waals surface area (Å²) < 4.78 is 5.54. The number of thioether (sulfide) groups is 1. The summed E-state index contributed by atoms with van der Waals surface area (Å²) in [7, 11) is 0. The van der Waals surface area contributed by atoms with Crippen molar-refractivity contribution in [1.82, 2.24) is 15.2 Å². The normalized spacial score (nSPS) is 10.0. The lowest BCUT2D eigenvalue weighted by Gasteiger charge is -2.04. The molecule has 0 saturated carbocycles. The molecule has 0 spiro atoms. The molecule has 1 N–H and O–H groups in total. The minimum atomic E-state index is 0.549. The maximum absolute atomic E-state index is 8.75. The summed E-state index contributed by atoms with van der Waals surface area (Å²) in [5, 5.41) is 16.3. The molecule has 0 bridgehead atoms. The number of aromatic nitrogens is 3. The van der Waals surface area contributed by atoms with Crippen molar-refractivity contribution in [3.05, 3.63) is 35.7 Å². The van der Waals surface area contributed by atoms with Crippen molar-refractivity contribution in [3.63, 3.8) is 0 Å². The average Bonchev–Trinajstić information content (AvgIpc) is 2.81. The number of nitrogens with zero attached hydrogens (tertiary/aromatic N) is 3. The predicted octanol–water partition coefficient (Wildman–Crippen LogP) is 2.16. The van der Waals surface area contributed by atoms with Gasteiger partial charge in [0, 0.05) is 5.75 Å². The van der Waals surface area contributed by atoms with E-state index in [1.54, 1.807) is 18.2 Å². The second kappa shape index (κ2) is 6.07. The minimum Gasteiger partial charge on any atom is -0.493 e. The Bertz CT molecular complexity index is 561. The van der Waals surface area contributed by atoms with E-state index in [9.17, 15) is 0 Å². The Morgan fingerprint density at radius 1 is 1.50 bits per heavy atom. The number of H-pyrrole nitrogens is 1. The molecule has 0 amide bonds. The number of benzene rings is 1. The molecule has 18 heavy (non-hydrogen) atoms. The van der Waals surface area contributed by atoms with Crippen LogP contribution in [-0.4, -0.2) is 27.5 Å². The van der Waals surface area contributed by atoms with Gasteiger partial charge in [0.25, 0.3) is 0 Å². The number of hydrogen-bond donors (Lipinski definition) is 1. The first-order valence-electron chi connectivity index (χ1n) is 5.42. The van der Waals surface area contributed by atoms with Gasteiger partial charge >= 0.3 is 0 Å². The average molecular weight is 260 g/mol. The SMILES string of the molecule is Cc1nc(SCCOc2cccc(C#N)c2)n[nH]1. The molecule has 0 unspecified atom stereocenters. The predicted molar refractivity (Wildman–Crippen MR) is 68.5 cm³/mol. The first kappa shape index (κ1) is 12.5. The van der Waals surface area contributed by atoms with Crippen LogP contribution in [0.2, 0.25) is 0 Å². The number of aromatic amines is 1. The van der Waals surface area contributed by atoms with Crippen LogP contribution < -0.4 is 4.74 Å². The molecule has 0 radical (unpaired) electrons. The zero-order chi connectivity index (χ0) is 12.8. The third-order valence-corrected chi connectivity index (χ3v) is 2.93. The van der Waals surface area contributed by atoms with Crippen LogP contribution in [0.25, 0.3) is 0 Å². The Hall–Kier alpha value is -2.00. The van der Waals surface area contributed by atoms with Gasteiger partial charge in [0.2, 0.25) is 5.16 Å². The quantitative estimate of drug-likeness (QED) is 0.658. The molecule has 0 aliphatic rings. The fourth-order valence-corrected chi connectivity index (χ4v) is 2.00. The highest BCUT2D eigenvalue weighted by Gasteiger charge is 2.01. The molecular weight excluding hydrogens is 248 g/mol. The highest BCUT2D eigenvalue weighted by atomic mass is 32.2. The Balaban J connectivity index is 1.77. The van der Waals surface area contributed by atoms with Gasteiger partial charge in [-0.15, -0.1) is 5.10 Å². The van der Waals surface area contributed by atoms with Crippen LogP contribution in [0.5, 0.6) is 5.75 Å². The van der Waals surface area contributed by atoms with E-state index in [1.165, 1.54) is 11.8 Å². The maximum atomic E-state index is 8.75. The summed E-state index contributed by atoms with van der Waals surface area (Å²) in [4.78, 5) is 4.18. The second-order valence-corrected chi connectivity index (χ2v) is 4.60. The molecule has 92 valence electrons. The van der Waals surface area contributed by atoms with Crippen molar-refractivity contribution in [1.29, 1.82) is 5.26 Å². The number of hydrogen-bond acceptors (Lipinski definition) is 5. The van der Waals surface area contributed by atoms with Crippen LogP contribution in [0.4, 0.5) is 0 Å². The first-order valence-corrected chi connectivity index (χ1v) is 6.41. The Labute approximate surface area is 109 Å². The Morgan fingerprint density at radius 2 is 2.39 bits per heavy atom. The largest absolute Gasteiger partial charge is 0.493 e. The Morgan fingerprint density at radius 3 is 3.11 bits per heavy atom. The molecule has 0 atom stereocenters. The molecule has 6 heteroatoms. The zero-order valence-electron chi connectivity index (χ0n) is 9.88. The summed E-state index contributed by atoms with van der Waals surface area (Å²) in [5.74, 6) is 2.27. The van der Waals surface area contributed by atoms with E-state index in [4.69, 9.17) is 10.00 Å². The number of aryl methyl sites for hydroxylation is 1. The highest BCUT2D eigenvalue weighted by Crippen LogP contribution is 2.15. The monoisotopic (exact) mass is 260 g/mol. The van der Waals surface area contributed by atoms with E-state index in [2.05, 4.69) is 21.3 Å². The molecule has 0 fully saturated rings. The summed E-state index contributed by atoms with van der Waals surface area (Å²) in [6, 6.07) is 9.19. The highest BCUT2D eigenvalue weighted by molar-refractivity contribution is 7.99. The van der Waals surface area contributed by atoms with Gasteiger partial charge in [-0.3, -0.25) is 5.10 Å². The third-order valence-electron chi connectivity index (χ3n) is 2.12. The molecule has 5 nitrogen and oxygen atoms in total. The number of ether oxygens (including phenoxy) is 1. The molecule has 0 aliphatic carbocycles. The number of nitrogens with one attached hydrogen (secondary N) is 1. The lowest BCUT2D eigenvalue weighted by Crippen LogP contribution is -2.00. The summed E-state index contributed by atoms with van der Waals surface area (Å²) >= 11 is 1.53. The lowest BCUT2D eigenvalue weighted by molar-refractivity contribution is 0.344. The van der Waals surface area contributed by atoms with E-state index in [0.29, 0.717) is 17.9 Å². The van der Waals surface area contributed by atoms with E-state index in [1.807, 2.05) is 13.0 Å². The van der Waals surface area contributed by atoms with Crippen LogP contribution in [-0.2, 0) is 0 Å². The van der Waals surface area contributed by atoms with Crippen LogP contribution in [0.3, 0.4) is 0 Å². The first-order chi connectivity index (χ1) is 8.78. The number of rotatable bonds is 5. The molecule has 1 heterocycles. The van der Waals surface area contributed by atoms with Gasteiger partial charge in [-0.25, -0.2) is 4.98 Å². The van der Waals surface area contributed by atoms with Gasteiger partial charge in [-0.05, 0) is 25.1 Å². The molecule has 1 aromatic carbocycles. The fraction of sp³-hybridized carbons (Fsp3) is 0.250. The van der Waals surface area contributed by atoms with Gasteiger partial charge in [-0.1, -0.05) is 17.8 Å². The van der Waals surface area contributed by atoms with Gasteiger partial charge in [0.15, 0.2) is 0 Å². The van der Waals surface area contributed by atoms with Gasteiger partial charge in [0.1, 0.15) is 11.6 Å². The topological polar surface area (TPSA) is 74.6 Å². The molecule has 2 rings (SSSR count). The molecular formula is C12H12N4OS. The van der Waals surface area contributed by atoms with Crippen LogP contribution in [0, 0.1) is 18.3 Å². The van der Waals surface area contributed by atoms with E-state index in [0.717, 1.165) is 16.7 Å². The van der Waals surface area contributed by atoms with Gasteiger partial charge in [0.05, 0.1) is 18.2 Å². The lowest BCUT2D eigenvalue weighted by atomic mass is 10.2. The van der Waals surface area contributed by atoms with Crippen molar-refractivity contribution >= 4 is 11.8 Å². The van der Waals surface area contributed by atoms with E-state index in [-0.39, 0.29) is 0 Å². The molecule has 1 aromatic heterocycles. The van der Waals surface area contributed by atoms with Crippen molar-refractivity contribution in [2.45, 2.75) is 12.1 Å². The van der Waals surface area contributed by atoms with Crippen molar-refractivity contribution in [3.8, 4) is 11.8 Å². The summed E-state index contributed by atoms with van der Waals surface area (Å²) in [6.07, 6.45) is 0. The molecule has 2 aromatic rings. The van der Waals surface area contributed by atoms with Crippen LogP contribution in [0.15, 0.2) is 29.4 Å². The number of nitriles is 1. The van der Waals surface area contributed by atoms with Crippen LogP contribution >= 0.6 is 11.8 Å². The molecule has 0 aliphatic heterocycles. The smallest absolute Gasteiger partial charge is 0.208 e. The minimum absolute atomic E-state index is 0.549. The van der Waals surface area contributed by atoms with Crippen LogP contribution in [0.1, 0.15) is 11.4 Å². The van der Waals surface area contributed by atoms with E-state index < -0.39 is 0 Å². The summed E-state index contributed by atoms with van der Waals surface area (Å²) in [6.45, 7) is 2.41. The third kappa shape index (κ3) is 3.50.